The Kier molecular flexibility index (Phi) is 6.05. The van der Waals surface area contributed by atoms with E-state index in [1.54, 1.807) is 0 Å². The highest BCUT2D eigenvalue weighted by Gasteiger charge is 2.13. The molecule has 1 aromatic heterocycles. The molecule has 2 unspecified atom stereocenters. The van der Waals surface area contributed by atoms with Crippen molar-refractivity contribution in [1.29, 1.82) is 0 Å². The van der Waals surface area contributed by atoms with Gasteiger partial charge in [0.2, 0.25) is 0 Å². The third-order valence-corrected chi connectivity index (χ3v) is 3.51. The monoisotopic (exact) mass is 251 g/mol. The van der Waals surface area contributed by atoms with Gasteiger partial charge in [-0.2, -0.15) is 5.10 Å². The Hall–Kier alpha value is -1.16. The van der Waals surface area contributed by atoms with E-state index in [1.165, 1.54) is 0 Å². The molecule has 0 aliphatic carbocycles. The quantitative estimate of drug-likeness (QED) is 0.771. The minimum atomic E-state index is 0.238. The Morgan fingerprint density at radius 1 is 1.44 bits per heavy atom. The highest BCUT2D eigenvalue weighted by atomic mass is 16.1. The van der Waals surface area contributed by atoms with Crippen LogP contribution in [0.15, 0.2) is 12.3 Å². The normalized spacial score (nSPS) is 14.4. The molecule has 1 rings (SSSR count). The molecule has 2 atom stereocenters. The van der Waals surface area contributed by atoms with Crippen LogP contribution in [0.3, 0.4) is 0 Å². The smallest absolute Gasteiger partial charge is 0.139 e. The van der Waals surface area contributed by atoms with E-state index in [-0.39, 0.29) is 5.78 Å². The van der Waals surface area contributed by atoms with Crippen LogP contribution in [0, 0.1) is 5.92 Å². The molecule has 2 N–H and O–H groups in total. The summed E-state index contributed by atoms with van der Waals surface area (Å²) < 4.78 is 1.93. The van der Waals surface area contributed by atoms with E-state index in [0.717, 1.165) is 18.5 Å². The minimum absolute atomic E-state index is 0.238. The Morgan fingerprint density at radius 3 is 2.72 bits per heavy atom. The van der Waals surface area contributed by atoms with Gasteiger partial charge >= 0.3 is 0 Å². The van der Waals surface area contributed by atoms with E-state index in [2.05, 4.69) is 25.9 Å². The van der Waals surface area contributed by atoms with Gasteiger partial charge in [0.15, 0.2) is 0 Å². The zero-order valence-electron chi connectivity index (χ0n) is 11.7. The predicted octanol–water partition coefficient (Wildman–Crippen LogP) is 2.34. The first kappa shape index (κ1) is 14.9. The first-order valence-corrected chi connectivity index (χ1v) is 6.86. The number of aromatic nitrogens is 2. The van der Waals surface area contributed by atoms with Gasteiger partial charge in [0.1, 0.15) is 5.78 Å². The first-order chi connectivity index (χ1) is 8.60. The average molecular weight is 251 g/mol. The Balaban J connectivity index is 2.52. The SMILES string of the molecule is CCC(CN)CC(=O)Cc1ccn(C(C)CC)n1. The first-order valence-electron chi connectivity index (χ1n) is 6.86. The van der Waals surface area contributed by atoms with Crippen molar-refractivity contribution in [3.63, 3.8) is 0 Å². The molecule has 1 heterocycles. The Morgan fingerprint density at radius 2 is 2.17 bits per heavy atom. The summed E-state index contributed by atoms with van der Waals surface area (Å²) in [6.07, 6.45) is 4.96. The Labute approximate surface area is 110 Å². The number of nitrogens with zero attached hydrogens (tertiary/aromatic N) is 2. The maximum atomic E-state index is 11.9. The molecule has 102 valence electrons. The van der Waals surface area contributed by atoms with Gasteiger partial charge < -0.3 is 5.73 Å². The summed E-state index contributed by atoms with van der Waals surface area (Å²) in [4.78, 5) is 11.9. The van der Waals surface area contributed by atoms with Gasteiger partial charge in [0, 0.05) is 18.7 Å². The lowest BCUT2D eigenvalue weighted by Crippen LogP contribution is -2.18. The summed E-state index contributed by atoms with van der Waals surface area (Å²) in [5, 5.41) is 4.44. The summed E-state index contributed by atoms with van der Waals surface area (Å²) in [6.45, 7) is 6.91. The second kappa shape index (κ2) is 7.31. The van der Waals surface area contributed by atoms with Crippen LogP contribution in [-0.4, -0.2) is 22.1 Å². The molecule has 1 aromatic rings. The number of carbonyl (C=O) groups is 1. The van der Waals surface area contributed by atoms with Crippen LogP contribution in [0.5, 0.6) is 0 Å². The van der Waals surface area contributed by atoms with Crippen molar-refractivity contribution in [2.45, 2.75) is 52.5 Å². The van der Waals surface area contributed by atoms with Crippen LogP contribution in [0.1, 0.15) is 51.8 Å². The van der Waals surface area contributed by atoms with E-state index in [4.69, 9.17) is 5.73 Å². The molecule has 0 aliphatic heterocycles. The van der Waals surface area contributed by atoms with Gasteiger partial charge in [0.05, 0.1) is 12.1 Å². The molecule has 0 amide bonds. The molecule has 0 aliphatic rings. The molecule has 0 saturated carbocycles. The minimum Gasteiger partial charge on any atom is -0.330 e. The number of ketones is 1. The van der Waals surface area contributed by atoms with E-state index < -0.39 is 0 Å². The fourth-order valence-electron chi connectivity index (χ4n) is 1.89. The second-order valence-electron chi connectivity index (χ2n) is 4.97. The van der Waals surface area contributed by atoms with Gasteiger partial charge in [-0.15, -0.1) is 0 Å². The lowest BCUT2D eigenvalue weighted by atomic mass is 9.98. The summed E-state index contributed by atoms with van der Waals surface area (Å²) in [7, 11) is 0. The molecule has 0 bridgehead atoms. The fourth-order valence-corrected chi connectivity index (χ4v) is 1.89. The highest BCUT2D eigenvalue weighted by Crippen LogP contribution is 2.12. The van der Waals surface area contributed by atoms with Crippen LogP contribution in [0.25, 0.3) is 0 Å². The number of carbonyl (C=O) groups excluding carboxylic acids is 1. The maximum Gasteiger partial charge on any atom is 0.139 e. The van der Waals surface area contributed by atoms with Crippen molar-refractivity contribution in [3.8, 4) is 0 Å². The van der Waals surface area contributed by atoms with E-state index in [1.807, 2.05) is 16.9 Å². The lowest BCUT2D eigenvalue weighted by Gasteiger charge is -2.10. The van der Waals surface area contributed by atoms with E-state index >= 15 is 0 Å². The maximum absolute atomic E-state index is 11.9. The van der Waals surface area contributed by atoms with Crippen molar-refractivity contribution in [2.24, 2.45) is 11.7 Å². The lowest BCUT2D eigenvalue weighted by molar-refractivity contribution is -0.119. The summed E-state index contributed by atoms with van der Waals surface area (Å²) in [6, 6.07) is 2.33. The molecule has 18 heavy (non-hydrogen) atoms. The third kappa shape index (κ3) is 4.26. The summed E-state index contributed by atoms with van der Waals surface area (Å²) in [5.41, 5.74) is 6.48. The number of hydrogen-bond acceptors (Lipinski definition) is 3. The van der Waals surface area contributed by atoms with Gasteiger partial charge in [-0.05, 0) is 31.9 Å². The average Bonchev–Trinajstić information content (AvgIpc) is 2.83. The topological polar surface area (TPSA) is 60.9 Å². The van der Waals surface area contributed by atoms with Crippen LogP contribution in [0.2, 0.25) is 0 Å². The molecule has 0 fully saturated rings. The largest absolute Gasteiger partial charge is 0.330 e. The molecule has 4 nitrogen and oxygen atoms in total. The van der Waals surface area contributed by atoms with Gasteiger partial charge in [-0.1, -0.05) is 20.3 Å². The molecule has 0 saturated heterocycles. The number of hydrogen-bond donors (Lipinski definition) is 1. The number of Topliss-reactive ketones (excluding diaryl/α,β-unsaturated/α-hetero) is 1. The van der Waals surface area contributed by atoms with Crippen LogP contribution in [-0.2, 0) is 11.2 Å². The van der Waals surface area contributed by atoms with Crippen molar-refractivity contribution >= 4 is 5.78 Å². The number of nitrogens with two attached hydrogens (primary N) is 1. The van der Waals surface area contributed by atoms with Crippen LogP contribution >= 0.6 is 0 Å². The molecule has 4 heteroatoms. The molecule has 0 radical (unpaired) electrons. The Bertz CT molecular complexity index is 369. The van der Waals surface area contributed by atoms with Crippen molar-refractivity contribution in [3.05, 3.63) is 18.0 Å². The van der Waals surface area contributed by atoms with Crippen LogP contribution in [0.4, 0.5) is 0 Å². The predicted molar refractivity (Wildman–Crippen MR) is 73.4 cm³/mol. The van der Waals surface area contributed by atoms with Crippen molar-refractivity contribution < 1.29 is 4.79 Å². The third-order valence-electron chi connectivity index (χ3n) is 3.51. The molecule has 0 aromatic carbocycles. The standard InChI is InChI=1S/C14H25N3O/c1-4-11(3)17-7-6-13(16-17)9-14(18)8-12(5-2)10-15/h6-7,11-12H,4-5,8-10,15H2,1-3H3. The van der Waals surface area contributed by atoms with Gasteiger partial charge in [0.25, 0.3) is 0 Å². The molecular formula is C14H25N3O. The summed E-state index contributed by atoms with van der Waals surface area (Å²) >= 11 is 0. The van der Waals surface area contributed by atoms with E-state index in [9.17, 15) is 4.79 Å². The molecular weight excluding hydrogens is 226 g/mol. The highest BCUT2D eigenvalue weighted by molar-refractivity contribution is 5.80. The van der Waals surface area contributed by atoms with E-state index in [0.29, 0.717) is 31.3 Å². The fraction of sp³-hybridized carbons (Fsp3) is 0.714. The van der Waals surface area contributed by atoms with Crippen molar-refractivity contribution in [2.75, 3.05) is 6.54 Å². The molecule has 0 spiro atoms. The van der Waals surface area contributed by atoms with Crippen molar-refractivity contribution in [1.82, 2.24) is 9.78 Å². The second-order valence-corrected chi connectivity index (χ2v) is 4.97. The van der Waals surface area contributed by atoms with Gasteiger partial charge in [-0.25, -0.2) is 0 Å². The summed E-state index contributed by atoms with van der Waals surface area (Å²) in [5.74, 6) is 0.552. The van der Waals surface area contributed by atoms with Gasteiger partial charge in [-0.3, -0.25) is 9.48 Å². The van der Waals surface area contributed by atoms with Crippen LogP contribution < -0.4 is 5.73 Å². The zero-order chi connectivity index (χ0) is 13.5. The zero-order valence-corrected chi connectivity index (χ0v) is 11.7. The number of rotatable bonds is 8.